The largest absolute Gasteiger partial charge is 0.480 e. The molecule has 1 aliphatic rings. The standard InChI is InChI=1S/C24H28N2O5/c1-14(2)22(23(28)29)26-21(27)12-15(3)25-24(30)31-13-20-18-10-6-4-8-16(18)17-9-5-7-11-19(17)20/h4-11,14-15,20,22H,12-13H2,1-3H3,(H,25,30)(H,26,27)(H,28,29). The molecule has 7 heteroatoms. The summed E-state index contributed by atoms with van der Waals surface area (Å²) in [6.45, 7) is 5.30. The number of aliphatic carboxylic acids is 1. The lowest BCUT2D eigenvalue weighted by Crippen LogP contribution is -2.46. The molecule has 0 aromatic heterocycles. The molecule has 31 heavy (non-hydrogen) atoms. The van der Waals surface area contributed by atoms with Crippen molar-refractivity contribution in [1.82, 2.24) is 10.6 Å². The number of rotatable bonds is 8. The lowest BCUT2D eigenvalue weighted by atomic mass is 9.98. The Balaban J connectivity index is 1.54. The summed E-state index contributed by atoms with van der Waals surface area (Å²) in [5, 5.41) is 14.3. The van der Waals surface area contributed by atoms with E-state index in [1.54, 1.807) is 20.8 Å². The second-order valence-electron chi connectivity index (χ2n) is 8.20. The lowest BCUT2D eigenvalue weighted by molar-refractivity contribution is -0.143. The minimum absolute atomic E-state index is 0.0410. The summed E-state index contributed by atoms with van der Waals surface area (Å²) in [6, 6.07) is 14.7. The molecule has 3 N–H and O–H groups in total. The molecule has 2 aromatic carbocycles. The van der Waals surface area contributed by atoms with Crippen LogP contribution in [0.1, 0.15) is 44.2 Å². The van der Waals surface area contributed by atoms with Gasteiger partial charge in [0.2, 0.25) is 5.91 Å². The van der Waals surface area contributed by atoms with E-state index in [-0.39, 0.29) is 24.9 Å². The first-order valence-electron chi connectivity index (χ1n) is 10.4. The van der Waals surface area contributed by atoms with Gasteiger partial charge in [0.15, 0.2) is 0 Å². The first-order chi connectivity index (χ1) is 14.8. The van der Waals surface area contributed by atoms with E-state index in [1.165, 1.54) is 0 Å². The van der Waals surface area contributed by atoms with Crippen LogP contribution in [0.4, 0.5) is 4.79 Å². The van der Waals surface area contributed by atoms with Gasteiger partial charge in [-0.25, -0.2) is 9.59 Å². The van der Waals surface area contributed by atoms with Gasteiger partial charge in [-0.1, -0.05) is 62.4 Å². The van der Waals surface area contributed by atoms with Crippen molar-refractivity contribution in [1.29, 1.82) is 0 Å². The van der Waals surface area contributed by atoms with Crippen LogP contribution in [0, 0.1) is 5.92 Å². The van der Waals surface area contributed by atoms with E-state index in [9.17, 15) is 19.5 Å². The maximum Gasteiger partial charge on any atom is 0.407 e. The third kappa shape index (κ3) is 5.23. The zero-order chi connectivity index (χ0) is 22.5. The number of carboxylic acid groups (broad SMARTS) is 1. The highest BCUT2D eigenvalue weighted by molar-refractivity contribution is 5.84. The summed E-state index contributed by atoms with van der Waals surface area (Å²) in [5.41, 5.74) is 4.54. The molecule has 0 heterocycles. The van der Waals surface area contributed by atoms with Gasteiger partial charge < -0.3 is 20.5 Å². The third-order valence-electron chi connectivity index (χ3n) is 5.45. The topological polar surface area (TPSA) is 105 Å². The van der Waals surface area contributed by atoms with Crippen molar-refractivity contribution >= 4 is 18.0 Å². The van der Waals surface area contributed by atoms with Gasteiger partial charge in [-0.15, -0.1) is 0 Å². The highest BCUT2D eigenvalue weighted by Gasteiger charge is 2.29. The Morgan fingerprint density at radius 3 is 2.00 bits per heavy atom. The fraction of sp³-hybridized carbons (Fsp3) is 0.375. The fourth-order valence-corrected chi connectivity index (χ4v) is 3.92. The number of amides is 2. The molecule has 0 radical (unpaired) electrons. The molecule has 0 saturated heterocycles. The first-order valence-corrected chi connectivity index (χ1v) is 10.4. The van der Waals surface area contributed by atoms with Gasteiger partial charge in [0.25, 0.3) is 0 Å². The van der Waals surface area contributed by atoms with E-state index >= 15 is 0 Å². The first kappa shape index (κ1) is 22.3. The minimum atomic E-state index is -1.08. The predicted molar refractivity (Wildman–Crippen MR) is 117 cm³/mol. The Hall–Kier alpha value is -3.35. The van der Waals surface area contributed by atoms with Crippen molar-refractivity contribution in [2.45, 2.75) is 45.2 Å². The van der Waals surface area contributed by atoms with E-state index in [0.717, 1.165) is 22.3 Å². The number of hydrogen-bond acceptors (Lipinski definition) is 4. The zero-order valence-electron chi connectivity index (χ0n) is 17.9. The molecule has 2 atom stereocenters. The van der Waals surface area contributed by atoms with Crippen molar-refractivity contribution in [3.8, 4) is 11.1 Å². The van der Waals surface area contributed by atoms with Crippen LogP contribution in [0.5, 0.6) is 0 Å². The molecular formula is C24H28N2O5. The molecule has 164 valence electrons. The van der Waals surface area contributed by atoms with Gasteiger partial charge in [-0.05, 0) is 35.1 Å². The number of carbonyl (C=O) groups excluding carboxylic acids is 2. The quantitative estimate of drug-likeness (QED) is 0.601. The summed E-state index contributed by atoms with van der Waals surface area (Å²) >= 11 is 0. The number of ether oxygens (including phenoxy) is 1. The van der Waals surface area contributed by atoms with E-state index in [0.29, 0.717) is 0 Å². The van der Waals surface area contributed by atoms with Gasteiger partial charge >= 0.3 is 12.1 Å². The molecule has 2 unspecified atom stereocenters. The molecule has 0 spiro atoms. The van der Waals surface area contributed by atoms with Crippen molar-refractivity contribution in [3.05, 3.63) is 59.7 Å². The Bertz CT molecular complexity index is 926. The Labute approximate surface area is 181 Å². The smallest absolute Gasteiger partial charge is 0.407 e. The molecule has 0 fully saturated rings. The number of carboxylic acids is 1. The fourth-order valence-electron chi connectivity index (χ4n) is 3.92. The van der Waals surface area contributed by atoms with Crippen LogP contribution in [0.15, 0.2) is 48.5 Å². The predicted octanol–water partition coefficient (Wildman–Crippen LogP) is 3.53. The molecule has 7 nitrogen and oxygen atoms in total. The molecule has 0 saturated carbocycles. The number of alkyl carbamates (subject to hydrolysis) is 1. The summed E-state index contributed by atoms with van der Waals surface area (Å²) < 4.78 is 5.47. The van der Waals surface area contributed by atoms with Crippen LogP contribution in [-0.4, -0.2) is 41.8 Å². The summed E-state index contributed by atoms with van der Waals surface area (Å²) in [7, 11) is 0. The van der Waals surface area contributed by atoms with Crippen molar-refractivity contribution < 1.29 is 24.2 Å². The molecule has 2 aromatic rings. The average molecular weight is 424 g/mol. The highest BCUT2D eigenvalue weighted by atomic mass is 16.5. The van der Waals surface area contributed by atoms with E-state index in [1.807, 2.05) is 36.4 Å². The lowest BCUT2D eigenvalue weighted by Gasteiger charge is -2.20. The van der Waals surface area contributed by atoms with Crippen LogP contribution in [0.2, 0.25) is 0 Å². The molecule has 3 rings (SSSR count). The molecule has 2 amide bonds. The highest BCUT2D eigenvalue weighted by Crippen LogP contribution is 2.44. The van der Waals surface area contributed by atoms with Gasteiger partial charge in [0.1, 0.15) is 12.6 Å². The molecule has 1 aliphatic carbocycles. The summed E-state index contributed by atoms with van der Waals surface area (Å²) in [4.78, 5) is 35.6. The SMILES string of the molecule is CC(CC(=O)NC(C(=O)O)C(C)C)NC(=O)OCC1c2ccccc2-c2ccccc21. The van der Waals surface area contributed by atoms with Crippen LogP contribution in [0.3, 0.4) is 0 Å². The van der Waals surface area contributed by atoms with Gasteiger partial charge in [-0.2, -0.15) is 0 Å². The van der Waals surface area contributed by atoms with Crippen molar-refractivity contribution in [2.75, 3.05) is 6.61 Å². The molecule has 0 aliphatic heterocycles. The van der Waals surface area contributed by atoms with Crippen LogP contribution in [-0.2, 0) is 14.3 Å². The number of carbonyl (C=O) groups is 3. The second-order valence-corrected chi connectivity index (χ2v) is 8.20. The maximum atomic E-state index is 12.3. The summed E-state index contributed by atoms with van der Waals surface area (Å²) in [5.74, 6) is -1.81. The van der Waals surface area contributed by atoms with Crippen molar-refractivity contribution in [2.24, 2.45) is 5.92 Å². The van der Waals surface area contributed by atoms with Crippen LogP contribution in [0.25, 0.3) is 11.1 Å². The van der Waals surface area contributed by atoms with Crippen LogP contribution >= 0.6 is 0 Å². The number of nitrogens with one attached hydrogen (secondary N) is 2. The van der Waals surface area contributed by atoms with E-state index < -0.39 is 30.1 Å². The molecular weight excluding hydrogens is 396 g/mol. The van der Waals surface area contributed by atoms with Gasteiger partial charge in [-0.3, -0.25) is 4.79 Å². The molecule has 0 bridgehead atoms. The van der Waals surface area contributed by atoms with E-state index in [4.69, 9.17) is 4.74 Å². The third-order valence-corrected chi connectivity index (χ3v) is 5.45. The average Bonchev–Trinajstić information content (AvgIpc) is 3.04. The second kappa shape index (κ2) is 9.64. The minimum Gasteiger partial charge on any atom is -0.480 e. The van der Waals surface area contributed by atoms with Gasteiger partial charge in [0, 0.05) is 18.4 Å². The van der Waals surface area contributed by atoms with Crippen LogP contribution < -0.4 is 10.6 Å². The Morgan fingerprint density at radius 1 is 0.935 bits per heavy atom. The monoisotopic (exact) mass is 424 g/mol. The normalized spacial score (nSPS) is 14.3. The summed E-state index contributed by atoms with van der Waals surface area (Å²) in [6.07, 6.45) is -0.651. The Morgan fingerprint density at radius 2 is 1.48 bits per heavy atom. The van der Waals surface area contributed by atoms with Crippen molar-refractivity contribution in [3.63, 3.8) is 0 Å². The maximum absolute atomic E-state index is 12.3. The zero-order valence-corrected chi connectivity index (χ0v) is 17.9. The van der Waals surface area contributed by atoms with E-state index in [2.05, 4.69) is 22.8 Å². The number of hydrogen-bond donors (Lipinski definition) is 3. The number of fused-ring (bicyclic) bond motifs is 3. The van der Waals surface area contributed by atoms with Gasteiger partial charge in [0.05, 0.1) is 0 Å². The Kier molecular flexibility index (Phi) is 6.95. The number of benzene rings is 2.